The number of hydrogen-bond donors (Lipinski definition) is 2. The number of H-pyrrole nitrogens is 1. The molecular formula is C26H28ClF2N7O. The minimum atomic E-state index is -0.305. The van der Waals surface area contributed by atoms with E-state index >= 15 is 0 Å². The van der Waals surface area contributed by atoms with Crippen LogP contribution in [-0.4, -0.2) is 63.7 Å². The molecule has 1 atom stereocenters. The van der Waals surface area contributed by atoms with Crippen molar-refractivity contribution in [2.24, 2.45) is 0 Å². The molecule has 1 saturated heterocycles. The molecule has 1 aliphatic heterocycles. The Bertz CT molecular complexity index is 1390. The van der Waals surface area contributed by atoms with E-state index in [2.05, 4.69) is 37.0 Å². The first kappa shape index (κ1) is 25.3. The molecule has 4 aromatic rings. The molecule has 0 saturated carbocycles. The van der Waals surface area contributed by atoms with Crippen molar-refractivity contribution in [3.63, 3.8) is 0 Å². The van der Waals surface area contributed by atoms with Crippen LogP contribution < -0.4 is 15.9 Å². The van der Waals surface area contributed by atoms with Crippen LogP contribution in [0.1, 0.15) is 24.1 Å². The summed E-state index contributed by atoms with van der Waals surface area (Å²) < 4.78 is 28.9. The second-order valence-corrected chi connectivity index (χ2v) is 9.58. The molecule has 5 rings (SSSR count). The van der Waals surface area contributed by atoms with E-state index in [0.29, 0.717) is 49.7 Å². The molecule has 0 amide bonds. The van der Waals surface area contributed by atoms with Crippen LogP contribution in [0.3, 0.4) is 0 Å². The zero-order chi connectivity index (χ0) is 26.1. The average molecular weight is 528 g/mol. The van der Waals surface area contributed by atoms with E-state index in [9.17, 15) is 13.6 Å². The summed E-state index contributed by atoms with van der Waals surface area (Å²) in [5.74, 6) is -0.0252. The van der Waals surface area contributed by atoms with Gasteiger partial charge in [-0.3, -0.25) is 9.47 Å². The van der Waals surface area contributed by atoms with Gasteiger partial charge in [0.1, 0.15) is 17.2 Å². The van der Waals surface area contributed by atoms with Crippen molar-refractivity contribution >= 4 is 28.6 Å². The Morgan fingerprint density at radius 2 is 1.68 bits per heavy atom. The number of hydrogen-bond acceptors (Lipinski definition) is 6. The van der Waals surface area contributed by atoms with Crippen molar-refractivity contribution in [1.29, 1.82) is 0 Å². The van der Waals surface area contributed by atoms with Crippen LogP contribution in [0.25, 0.3) is 11.2 Å². The lowest BCUT2D eigenvalue weighted by molar-refractivity contribution is 0.187. The number of aromatic amines is 1. The summed E-state index contributed by atoms with van der Waals surface area (Å²) in [6.07, 6.45) is 0. The third-order valence-corrected chi connectivity index (χ3v) is 7.00. The number of likely N-dealkylation sites (N-methyl/N-ethyl adjacent to an activating group) is 1. The highest BCUT2D eigenvalue weighted by Gasteiger charge is 2.32. The summed E-state index contributed by atoms with van der Waals surface area (Å²) in [6, 6.07) is 12.7. The van der Waals surface area contributed by atoms with Crippen molar-refractivity contribution in [2.75, 3.05) is 38.1 Å². The molecule has 0 bridgehead atoms. The summed E-state index contributed by atoms with van der Waals surface area (Å²) in [5.41, 5.74) is 2.61. The summed E-state index contributed by atoms with van der Waals surface area (Å²) in [5, 5.41) is 3.11. The fraction of sp³-hybridized carbons (Fsp3) is 0.346. The van der Waals surface area contributed by atoms with E-state index in [1.165, 1.54) is 24.3 Å². The van der Waals surface area contributed by atoms with Crippen molar-refractivity contribution < 1.29 is 8.78 Å². The third kappa shape index (κ3) is 5.09. The van der Waals surface area contributed by atoms with Crippen LogP contribution in [-0.2, 0) is 6.54 Å². The first-order valence-electron chi connectivity index (χ1n) is 12.2. The Balaban J connectivity index is 1.47. The van der Waals surface area contributed by atoms with Gasteiger partial charge in [-0.15, -0.1) is 0 Å². The molecule has 0 radical (unpaired) electrons. The highest BCUT2D eigenvalue weighted by Crippen LogP contribution is 2.33. The maximum absolute atomic E-state index is 13.7. The van der Waals surface area contributed by atoms with Crippen molar-refractivity contribution in [3.8, 4) is 0 Å². The molecule has 2 aromatic carbocycles. The number of nitrogens with zero attached hydrogens (tertiary/aromatic N) is 5. The maximum atomic E-state index is 13.7. The smallest absolute Gasteiger partial charge is 0.327 e. The molecule has 2 N–H and O–H groups in total. The normalized spacial score (nSPS) is 16.7. The number of aromatic nitrogens is 4. The monoisotopic (exact) mass is 527 g/mol. The van der Waals surface area contributed by atoms with Crippen molar-refractivity contribution in [2.45, 2.75) is 25.6 Å². The van der Waals surface area contributed by atoms with E-state index in [4.69, 9.17) is 11.6 Å². The molecule has 2 aromatic heterocycles. The van der Waals surface area contributed by atoms with Gasteiger partial charge in [0.15, 0.2) is 11.5 Å². The lowest BCUT2D eigenvalue weighted by Crippen LogP contribution is -2.53. The number of rotatable bonds is 7. The minimum Gasteiger partial charge on any atom is -0.349 e. The summed E-state index contributed by atoms with van der Waals surface area (Å²) in [4.78, 5) is 28.8. The fourth-order valence-corrected chi connectivity index (χ4v) is 5.23. The molecule has 1 aliphatic rings. The van der Waals surface area contributed by atoms with Gasteiger partial charge in [0.25, 0.3) is 0 Å². The second-order valence-electron chi connectivity index (χ2n) is 9.24. The van der Waals surface area contributed by atoms with Crippen LogP contribution in [0.4, 0.5) is 14.6 Å². The van der Waals surface area contributed by atoms with E-state index in [1.807, 2.05) is 7.05 Å². The van der Waals surface area contributed by atoms with Crippen LogP contribution in [0, 0.1) is 11.6 Å². The zero-order valence-corrected chi connectivity index (χ0v) is 21.3. The Kier molecular flexibility index (Phi) is 7.23. The van der Waals surface area contributed by atoms with Gasteiger partial charge in [0.2, 0.25) is 5.28 Å². The highest BCUT2D eigenvalue weighted by molar-refractivity contribution is 6.28. The van der Waals surface area contributed by atoms with Gasteiger partial charge >= 0.3 is 5.69 Å². The molecule has 37 heavy (non-hydrogen) atoms. The van der Waals surface area contributed by atoms with E-state index in [-0.39, 0.29) is 34.7 Å². The third-order valence-electron chi connectivity index (χ3n) is 6.83. The summed E-state index contributed by atoms with van der Waals surface area (Å²) in [6.45, 7) is 5.03. The molecule has 11 heteroatoms. The lowest BCUT2D eigenvalue weighted by atomic mass is 9.95. The fourth-order valence-electron chi connectivity index (χ4n) is 5.07. The van der Waals surface area contributed by atoms with Gasteiger partial charge < -0.3 is 15.2 Å². The van der Waals surface area contributed by atoms with Crippen LogP contribution >= 0.6 is 11.6 Å². The van der Waals surface area contributed by atoms with Gasteiger partial charge in [0, 0.05) is 38.8 Å². The van der Waals surface area contributed by atoms with Gasteiger partial charge in [-0.05, 0) is 61.0 Å². The molecule has 1 unspecified atom stereocenters. The standard InChI is InChI=1S/C26H28ClF2N7O/c1-16-15-34(22(17-3-7-19(28)8-4-17)18-5-9-20(29)10-6-18)13-14-35(16)23-21-24(33-25(27)32-23)36(12-11-30-2)26(37)31-21/h3-10,16,22,30H,11-15H2,1-2H3,(H,31,37). The van der Waals surface area contributed by atoms with Crippen LogP contribution in [0.15, 0.2) is 53.3 Å². The van der Waals surface area contributed by atoms with E-state index in [0.717, 1.165) is 11.1 Å². The SMILES string of the molecule is CNCCn1c(=O)[nH]c2c(N3CCN(C(c4ccc(F)cc4)c4ccc(F)cc4)CC3C)nc(Cl)nc21. The molecule has 0 spiro atoms. The lowest BCUT2D eigenvalue weighted by Gasteiger charge is -2.44. The molecule has 0 aliphatic carbocycles. The van der Waals surface area contributed by atoms with Gasteiger partial charge in [-0.25, -0.2) is 13.6 Å². The quantitative estimate of drug-likeness (QED) is 0.358. The number of imidazole rings is 1. The summed E-state index contributed by atoms with van der Waals surface area (Å²) >= 11 is 6.31. The number of halogens is 3. The molecule has 194 valence electrons. The first-order chi connectivity index (χ1) is 17.9. The molecular weight excluding hydrogens is 500 g/mol. The first-order valence-corrected chi connectivity index (χ1v) is 12.6. The minimum absolute atomic E-state index is 0.00419. The largest absolute Gasteiger partial charge is 0.349 e. The summed E-state index contributed by atoms with van der Waals surface area (Å²) in [7, 11) is 1.82. The van der Waals surface area contributed by atoms with Crippen LogP contribution in [0.2, 0.25) is 5.28 Å². The Morgan fingerprint density at radius 3 is 2.24 bits per heavy atom. The van der Waals surface area contributed by atoms with Crippen molar-refractivity contribution in [1.82, 2.24) is 29.7 Å². The predicted molar refractivity (Wildman–Crippen MR) is 140 cm³/mol. The van der Waals surface area contributed by atoms with Gasteiger partial charge in [-0.1, -0.05) is 24.3 Å². The number of piperazine rings is 1. The molecule has 1 fully saturated rings. The number of nitrogens with one attached hydrogen (secondary N) is 2. The van der Waals surface area contributed by atoms with E-state index < -0.39 is 0 Å². The predicted octanol–water partition coefficient (Wildman–Crippen LogP) is 3.57. The number of benzene rings is 2. The molecule has 8 nitrogen and oxygen atoms in total. The highest BCUT2D eigenvalue weighted by atomic mass is 35.5. The van der Waals surface area contributed by atoms with Crippen LogP contribution in [0.5, 0.6) is 0 Å². The zero-order valence-electron chi connectivity index (χ0n) is 20.6. The average Bonchev–Trinajstić information content (AvgIpc) is 3.19. The Labute approximate surface area is 217 Å². The number of fused-ring (bicyclic) bond motifs is 1. The second kappa shape index (κ2) is 10.6. The van der Waals surface area contributed by atoms with E-state index in [1.54, 1.807) is 28.8 Å². The Hall–Kier alpha value is -3.34. The van der Waals surface area contributed by atoms with Crippen molar-refractivity contribution in [3.05, 3.63) is 87.1 Å². The van der Waals surface area contributed by atoms with Gasteiger partial charge in [0.05, 0.1) is 6.04 Å². The topological polar surface area (TPSA) is 82.1 Å². The Morgan fingerprint density at radius 1 is 1.05 bits per heavy atom. The molecule has 3 heterocycles. The number of anilines is 1. The maximum Gasteiger partial charge on any atom is 0.327 e. The van der Waals surface area contributed by atoms with Gasteiger partial charge in [-0.2, -0.15) is 9.97 Å².